The van der Waals surface area contributed by atoms with Crippen LogP contribution in [0.2, 0.25) is 0 Å². The first-order valence-electron chi connectivity index (χ1n) is 20.6. The lowest BCUT2D eigenvalue weighted by molar-refractivity contribution is 0.661. The quantitative estimate of drug-likeness (QED) is 0.175. The molecule has 11 aromatic rings. The molecule has 0 unspecified atom stereocenters. The summed E-state index contributed by atoms with van der Waals surface area (Å²) in [5.74, 6) is 0.697. The molecule has 1 aliphatic rings. The molecule has 0 fully saturated rings. The lowest BCUT2D eigenvalue weighted by Crippen LogP contribution is -2.14. The van der Waals surface area contributed by atoms with E-state index in [2.05, 4.69) is 190 Å². The van der Waals surface area contributed by atoms with Gasteiger partial charge in [0.15, 0.2) is 5.82 Å². The Labute approximate surface area is 348 Å². The Balaban J connectivity index is 0.940. The molecule has 2 heterocycles. The van der Waals surface area contributed by atoms with Gasteiger partial charge in [0.25, 0.3) is 0 Å². The maximum absolute atomic E-state index is 6.43. The summed E-state index contributed by atoms with van der Waals surface area (Å²) in [6.45, 7) is 4.71. The van der Waals surface area contributed by atoms with Crippen molar-refractivity contribution in [1.29, 1.82) is 0 Å². The van der Waals surface area contributed by atoms with Crippen molar-refractivity contribution >= 4 is 43.5 Å². The number of hydrogen-bond donors (Lipinski definition) is 0. The molecule has 0 spiro atoms. The van der Waals surface area contributed by atoms with Crippen molar-refractivity contribution in [3.05, 3.63) is 205 Å². The summed E-state index contributed by atoms with van der Waals surface area (Å²) in [5.41, 5.74) is 16.6. The van der Waals surface area contributed by atoms with Crippen LogP contribution in [0.4, 0.5) is 0 Å². The van der Waals surface area contributed by atoms with E-state index in [0.29, 0.717) is 5.82 Å². The lowest BCUT2D eigenvalue weighted by atomic mass is 9.81. The molecule has 0 saturated carbocycles. The number of nitrogens with zero attached hydrogens (tertiary/aromatic N) is 2. The average Bonchev–Trinajstić information content (AvgIpc) is 3.80. The SMILES string of the molecule is CC1(C)c2cc3ccccc3cc2-c2c(-c3ccc(-c4cc(-c5cccc(-c6ccc7oc8c9ccccc9ccc8c7c6)c5)nc(-c5ccccc5)n4)cc3)cccc21. The minimum atomic E-state index is -0.0944. The monoisotopic (exact) mass is 766 g/mol. The van der Waals surface area contributed by atoms with E-state index in [1.54, 1.807) is 0 Å². The summed E-state index contributed by atoms with van der Waals surface area (Å²) in [6.07, 6.45) is 0. The largest absolute Gasteiger partial charge is 0.455 e. The standard InChI is InChI=1S/C57H38N2O/c1-57(2)49-21-11-20-44(54(49)48-32-40-15-6-7-16-41(40)33-50(48)57)36-22-24-37(25-23-36)51-34-52(59-56(58-51)38-13-4-3-5-14-38)43-18-10-17-39(30-43)42-27-29-53-47(31-42)46-28-26-35-12-8-9-19-45(35)55(46)60-53/h3-34H,1-2H3. The Morgan fingerprint density at radius 2 is 1.03 bits per heavy atom. The Morgan fingerprint density at radius 3 is 1.87 bits per heavy atom. The fourth-order valence-corrected chi connectivity index (χ4v) is 9.54. The molecule has 0 N–H and O–H groups in total. The van der Waals surface area contributed by atoms with E-state index in [1.165, 1.54) is 49.5 Å². The summed E-state index contributed by atoms with van der Waals surface area (Å²) in [5, 5.41) is 7.10. The molecule has 2 aromatic heterocycles. The molecule has 0 amide bonds. The highest BCUT2D eigenvalue weighted by molar-refractivity contribution is 6.15. The molecule has 0 aliphatic heterocycles. The van der Waals surface area contributed by atoms with Crippen molar-refractivity contribution in [2.75, 3.05) is 0 Å². The van der Waals surface area contributed by atoms with E-state index in [4.69, 9.17) is 14.4 Å². The normalized spacial score (nSPS) is 13.0. The van der Waals surface area contributed by atoms with Crippen LogP contribution in [0, 0.1) is 0 Å². The Kier molecular flexibility index (Phi) is 7.58. The number of fused-ring (bicyclic) bond motifs is 9. The molecule has 9 aromatic carbocycles. The molecule has 3 nitrogen and oxygen atoms in total. The Hall–Kier alpha value is -7.62. The summed E-state index contributed by atoms with van der Waals surface area (Å²) in [7, 11) is 0. The minimum absolute atomic E-state index is 0.0944. The van der Waals surface area contributed by atoms with Crippen LogP contribution >= 0.6 is 0 Å². The third-order valence-corrected chi connectivity index (χ3v) is 12.7. The molecule has 0 bridgehead atoms. The van der Waals surface area contributed by atoms with Crippen LogP contribution in [-0.4, -0.2) is 9.97 Å². The van der Waals surface area contributed by atoms with Crippen LogP contribution in [0.25, 0.3) is 111 Å². The van der Waals surface area contributed by atoms with Crippen molar-refractivity contribution in [3.8, 4) is 67.3 Å². The summed E-state index contributed by atoms with van der Waals surface area (Å²) in [6, 6.07) is 69.5. The predicted octanol–water partition coefficient (Wildman–Crippen LogP) is 15.3. The van der Waals surface area contributed by atoms with E-state index in [-0.39, 0.29) is 5.41 Å². The molecule has 0 radical (unpaired) electrons. The van der Waals surface area contributed by atoms with Gasteiger partial charge < -0.3 is 4.42 Å². The molecular formula is C57H38N2O. The van der Waals surface area contributed by atoms with Crippen LogP contribution in [0.15, 0.2) is 199 Å². The molecule has 60 heavy (non-hydrogen) atoms. The van der Waals surface area contributed by atoms with E-state index >= 15 is 0 Å². The van der Waals surface area contributed by atoms with E-state index in [0.717, 1.165) is 66.5 Å². The number of furan rings is 1. The van der Waals surface area contributed by atoms with Gasteiger partial charge in [-0.05, 0) is 103 Å². The molecule has 0 atom stereocenters. The van der Waals surface area contributed by atoms with E-state index < -0.39 is 0 Å². The Bertz CT molecular complexity index is 3500. The molecule has 282 valence electrons. The van der Waals surface area contributed by atoms with Gasteiger partial charge in [-0.1, -0.05) is 166 Å². The number of hydrogen-bond acceptors (Lipinski definition) is 3. The number of rotatable bonds is 5. The predicted molar refractivity (Wildman–Crippen MR) is 249 cm³/mol. The van der Waals surface area contributed by atoms with Crippen LogP contribution in [-0.2, 0) is 5.41 Å². The van der Waals surface area contributed by atoms with Gasteiger partial charge in [0.1, 0.15) is 11.2 Å². The van der Waals surface area contributed by atoms with Gasteiger partial charge in [0, 0.05) is 38.3 Å². The van der Waals surface area contributed by atoms with E-state index in [9.17, 15) is 0 Å². The summed E-state index contributed by atoms with van der Waals surface area (Å²) in [4.78, 5) is 10.4. The maximum Gasteiger partial charge on any atom is 0.160 e. The minimum Gasteiger partial charge on any atom is -0.455 e. The van der Waals surface area contributed by atoms with Crippen molar-refractivity contribution in [3.63, 3.8) is 0 Å². The van der Waals surface area contributed by atoms with Gasteiger partial charge in [0.2, 0.25) is 0 Å². The van der Waals surface area contributed by atoms with Gasteiger partial charge in [-0.25, -0.2) is 9.97 Å². The third kappa shape index (κ3) is 5.43. The van der Waals surface area contributed by atoms with Crippen LogP contribution < -0.4 is 0 Å². The zero-order valence-electron chi connectivity index (χ0n) is 33.3. The van der Waals surface area contributed by atoms with Crippen molar-refractivity contribution < 1.29 is 4.42 Å². The second-order valence-corrected chi connectivity index (χ2v) is 16.6. The molecular weight excluding hydrogens is 729 g/mol. The Morgan fingerprint density at radius 1 is 0.383 bits per heavy atom. The first-order valence-corrected chi connectivity index (χ1v) is 20.6. The molecule has 3 heteroatoms. The highest BCUT2D eigenvalue weighted by Crippen LogP contribution is 2.53. The average molecular weight is 767 g/mol. The van der Waals surface area contributed by atoms with Crippen molar-refractivity contribution in [2.24, 2.45) is 0 Å². The van der Waals surface area contributed by atoms with Gasteiger partial charge in [-0.2, -0.15) is 0 Å². The fraction of sp³-hybridized carbons (Fsp3) is 0.0526. The molecule has 0 saturated heterocycles. The molecule has 1 aliphatic carbocycles. The zero-order valence-corrected chi connectivity index (χ0v) is 33.3. The smallest absolute Gasteiger partial charge is 0.160 e. The number of benzene rings is 9. The zero-order chi connectivity index (χ0) is 40.0. The van der Waals surface area contributed by atoms with Gasteiger partial charge >= 0.3 is 0 Å². The maximum atomic E-state index is 6.43. The summed E-state index contributed by atoms with van der Waals surface area (Å²) >= 11 is 0. The number of aromatic nitrogens is 2. The van der Waals surface area contributed by atoms with Gasteiger partial charge in [0.05, 0.1) is 11.4 Å². The third-order valence-electron chi connectivity index (χ3n) is 12.7. The van der Waals surface area contributed by atoms with Gasteiger partial charge in [-0.3, -0.25) is 0 Å². The first-order chi connectivity index (χ1) is 29.5. The summed E-state index contributed by atoms with van der Waals surface area (Å²) < 4.78 is 6.43. The van der Waals surface area contributed by atoms with Crippen LogP contribution in [0.3, 0.4) is 0 Å². The first kappa shape index (κ1) is 34.4. The van der Waals surface area contributed by atoms with Crippen molar-refractivity contribution in [1.82, 2.24) is 9.97 Å². The molecule has 12 rings (SSSR count). The highest BCUT2D eigenvalue weighted by Gasteiger charge is 2.37. The van der Waals surface area contributed by atoms with E-state index in [1.807, 2.05) is 18.2 Å². The van der Waals surface area contributed by atoms with Gasteiger partial charge in [-0.15, -0.1) is 0 Å². The van der Waals surface area contributed by atoms with Crippen LogP contribution in [0.1, 0.15) is 25.0 Å². The second kappa shape index (κ2) is 13.2. The van der Waals surface area contributed by atoms with Crippen LogP contribution in [0.5, 0.6) is 0 Å². The topological polar surface area (TPSA) is 38.9 Å². The second-order valence-electron chi connectivity index (χ2n) is 16.6. The lowest BCUT2D eigenvalue weighted by Gasteiger charge is -2.22. The fourth-order valence-electron chi connectivity index (χ4n) is 9.54. The highest BCUT2D eigenvalue weighted by atomic mass is 16.3. The van der Waals surface area contributed by atoms with Crippen molar-refractivity contribution in [2.45, 2.75) is 19.3 Å².